The fourth-order valence-corrected chi connectivity index (χ4v) is 2.63. The van der Waals surface area contributed by atoms with Gasteiger partial charge < -0.3 is 5.11 Å². The molecule has 0 aromatic rings. The lowest BCUT2D eigenvalue weighted by Crippen LogP contribution is -2.14. The van der Waals surface area contributed by atoms with E-state index in [0.29, 0.717) is 5.92 Å². The first-order valence-electron chi connectivity index (χ1n) is 7.16. The third-order valence-electron chi connectivity index (χ3n) is 3.77. The second kappa shape index (κ2) is 7.89. The fraction of sp³-hybridized carbons (Fsp3) is 0.867. The summed E-state index contributed by atoms with van der Waals surface area (Å²) >= 11 is 0. The van der Waals surface area contributed by atoms with Gasteiger partial charge in [-0.1, -0.05) is 52.0 Å². The predicted octanol–water partition coefficient (Wildman–Crippen LogP) is 4.45. The smallest absolute Gasteiger partial charge is 0.0778 e. The van der Waals surface area contributed by atoms with Crippen LogP contribution in [0, 0.1) is 5.92 Å². The van der Waals surface area contributed by atoms with Crippen LogP contribution in [0.25, 0.3) is 0 Å². The van der Waals surface area contributed by atoms with E-state index >= 15 is 0 Å². The van der Waals surface area contributed by atoms with Gasteiger partial charge in [0.2, 0.25) is 0 Å². The van der Waals surface area contributed by atoms with Gasteiger partial charge in [-0.2, -0.15) is 0 Å². The van der Waals surface area contributed by atoms with Crippen LogP contribution >= 0.6 is 0 Å². The fourth-order valence-electron chi connectivity index (χ4n) is 2.63. The highest BCUT2D eigenvalue weighted by Gasteiger charge is 2.28. The van der Waals surface area contributed by atoms with Crippen molar-refractivity contribution in [1.82, 2.24) is 0 Å². The molecule has 0 aromatic carbocycles. The summed E-state index contributed by atoms with van der Waals surface area (Å²) in [4.78, 5) is 0. The molecular formula is C15H28O. The van der Waals surface area contributed by atoms with Gasteiger partial charge in [0.15, 0.2) is 0 Å². The summed E-state index contributed by atoms with van der Waals surface area (Å²) < 4.78 is 0. The topological polar surface area (TPSA) is 20.2 Å². The lowest BCUT2D eigenvalue weighted by molar-refractivity contribution is 0.154. The first-order valence-corrected chi connectivity index (χ1v) is 7.16. The van der Waals surface area contributed by atoms with Gasteiger partial charge in [0.1, 0.15) is 0 Å². The summed E-state index contributed by atoms with van der Waals surface area (Å²) in [6.07, 6.45) is 13.3. The minimum absolute atomic E-state index is 0.117. The molecule has 0 heterocycles. The molecule has 0 aliphatic heterocycles. The Morgan fingerprint density at radius 1 is 1.19 bits per heavy atom. The van der Waals surface area contributed by atoms with Crippen LogP contribution in [-0.2, 0) is 0 Å². The molecule has 2 unspecified atom stereocenters. The summed E-state index contributed by atoms with van der Waals surface area (Å²) in [5, 5.41) is 10.2. The van der Waals surface area contributed by atoms with E-state index in [1.54, 1.807) is 0 Å². The second-order valence-electron chi connectivity index (χ2n) is 5.16. The molecule has 1 fully saturated rings. The number of hydrogen-bond donors (Lipinski definition) is 1. The molecule has 1 nitrogen and oxygen atoms in total. The minimum atomic E-state index is -0.117. The zero-order valence-electron chi connectivity index (χ0n) is 11.0. The van der Waals surface area contributed by atoms with Crippen LogP contribution in [0.15, 0.2) is 11.6 Å². The van der Waals surface area contributed by atoms with Crippen LogP contribution in [0.3, 0.4) is 0 Å². The second-order valence-corrected chi connectivity index (χ2v) is 5.16. The molecule has 1 aliphatic carbocycles. The van der Waals surface area contributed by atoms with Crippen LogP contribution in [-0.4, -0.2) is 11.2 Å². The van der Waals surface area contributed by atoms with E-state index in [1.807, 2.05) is 0 Å². The van der Waals surface area contributed by atoms with Crippen LogP contribution < -0.4 is 0 Å². The molecule has 1 heteroatoms. The molecule has 0 saturated heterocycles. The summed E-state index contributed by atoms with van der Waals surface area (Å²) in [7, 11) is 0. The van der Waals surface area contributed by atoms with Crippen LogP contribution in [0.5, 0.6) is 0 Å². The zero-order chi connectivity index (χ0) is 11.8. The van der Waals surface area contributed by atoms with Gasteiger partial charge in [-0.25, -0.2) is 0 Å². The average molecular weight is 224 g/mol. The monoisotopic (exact) mass is 224 g/mol. The largest absolute Gasteiger partial charge is 0.388 e. The number of aliphatic hydroxyl groups is 1. The van der Waals surface area contributed by atoms with Crippen LogP contribution in [0.2, 0.25) is 0 Å². The van der Waals surface area contributed by atoms with Crippen molar-refractivity contribution < 1.29 is 5.11 Å². The molecular weight excluding hydrogens is 196 g/mol. The number of unbranched alkanes of at least 4 members (excludes halogenated alkanes) is 4. The SMILES string of the molecule is CCCC/C=C1/CCC(CCCCC)C1O. The van der Waals surface area contributed by atoms with Gasteiger partial charge >= 0.3 is 0 Å². The highest BCUT2D eigenvalue weighted by Crippen LogP contribution is 2.34. The van der Waals surface area contributed by atoms with Gasteiger partial charge in [-0.3, -0.25) is 0 Å². The summed E-state index contributed by atoms with van der Waals surface area (Å²) in [6, 6.07) is 0. The maximum Gasteiger partial charge on any atom is 0.0778 e. The number of rotatable bonds is 7. The molecule has 0 spiro atoms. The van der Waals surface area contributed by atoms with Crippen molar-refractivity contribution in [1.29, 1.82) is 0 Å². The Hall–Kier alpha value is -0.300. The normalized spacial score (nSPS) is 27.8. The Kier molecular flexibility index (Phi) is 6.79. The first kappa shape index (κ1) is 13.8. The summed E-state index contributed by atoms with van der Waals surface area (Å²) in [5.74, 6) is 0.555. The van der Waals surface area contributed by atoms with Gasteiger partial charge in [0.05, 0.1) is 6.10 Å². The summed E-state index contributed by atoms with van der Waals surface area (Å²) in [5.41, 5.74) is 1.33. The van der Waals surface area contributed by atoms with Crippen LogP contribution in [0.4, 0.5) is 0 Å². The Morgan fingerprint density at radius 2 is 1.94 bits per heavy atom. The van der Waals surface area contributed by atoms with Gasteiger partial charge in [-0.15, -0.1) is 0 Å². The van der Waals surface area contributed by atoms with E-state index in [-0.39, 0.29) is 6.10 Å². The van der Waals surface area contributed by atoms with Crippen molar-refractivity contribution in [2.75, 3.05) is 0 Å². The molecule has 1 aliphatic rings. The number of allylic oxidation sites excluding steroid dienone is 1. The molecule has 1 N–H and O–H groups in total. The van der Waals surface area contributed by atoms with Crippen molar-refractivity contribution in [2.24, 2.45) is 5.92 Å². The Balaban J connectivity index is 2.29. The van der Waals surface area contributed by atoms with E-state index in [4.69, 9.17) is 0 Å². The van der Waals surface area contributed by atoms with Gasteiger partial charge in [0.25, 0.3) is 0 Å². The lowest BCUT2D eigenvalue weighted by Gasteiger charge is -2.14. The summed E-state index contributed by atoms with van der Waals surface area (Å²) in [6.45, 7) is 4.46. The molecule has 1 rings (SSSR count). The van der Waals surface area contributed by atoms with Crippen molar-refractivity contribution >= 4 is 0 Å². The van der Waals surface area contributed by atoms with Crippen molar-refractivity contribution in [3.05, 3.63) is 11.6 Å². The molecule has 0 radical (unpaired) electrons. The predicted molar refractivity (Wildman–Crippen MR) is 70.5 cm³/mol. The highest BCUT2D eigenvalue weighted by atomic mass is 16.3. The van der Waals surface area contributed by atoms with E-state index < -0.39 is 0 Å². The number of aliphatic hydroxyl groups excluding tert-OH is 1. The molecule has 1 saturated carbocycles. The maximum absolute atomic E-state index is 10.2. The zero-order valence-corrected chi connectivity index (χ0v) is 11.0. The molecule has 0 aromatic heterocycles. The van der Waals surface area contributed by atoms with Gasteiger partial charge in [0, 0.05) is 0 Å². The Morgan fingerprint density at radius 3 is 2.62 bits per heavy atom. The molecule has 0 amide bonds. The quantitative estimate of drug-likeness (QED) is 0.500. The molecule has 94 valence electrons. The highest BCUT2D eigenvalue weighted by molar-refractivity contribution is 5.14. The van der Waals surface area contributed by atoms with E-state index in [1.165, 1.54) is 50.5 Å². The van der Waals surface area contributed by atoms with Crippen molar-refractivity contribution in [2.45, 2.75) is 77.7 Å². The van der Waals surface area contributed by atoms with Crippen LogP contribution in [0.1, 0.15) is 71.6 Å². The maximum atomic E-state index is 10.2. The van der Waals surface area contributed by atoms with E-state index in [0.717, 1.165) is 12.8 Å². The molecule has 16 heavy (non-hydrogen) atoms. The average Bonchev–Trinajstić information content (AvgIpc) is 2.62. The molecule has 0 bridgehead atoms. The third-order valence-corrected chi connectivity index (χ3v) is 3.77. The Labute approximate surface area is 101 Å². The number of hydrogen-bond acceptors (Lipinski definition) is 1. The van der Waals surface area contributed by atoms with Crippen molar-refractivity contribution in [3.63, 3.8) is 0 Å². The standard InChI is InChI=1S/C15H28O/c1-3-5-7-9-13-11-12-14(15(13)16)10-8-6-4-2/h9,14-16H,3-8,10-12H2,1-2H3/b13-9-. The van der Waals surface area contributed by atoms with Gasteiger partial charge in [-0.05, 0) is 37.2 Å². The van der Waals surface area contributed by atoms with E-state index in [2.05, 4.69) is 19.9 Å². The minimum Gasteiger partial charge on any atom is -0.388 e. The first-order chi connectivity index (χ1) is 7.79. The molecule has 2 atom stereocenters. The van der Waals surface area contributed by atoms with E-state index in [9.17, 15) is 5.11 Å². The lowest BCUT2D eigenvalue weighted by atomic mass is 9.97. The third kappa shape index (κ3) is 4.29. The Bertz CT molecular complexity index is 207. The van der Waals surface area contributed by atoms with Crippen molar-refractivity contribution in [3.8, 4) is 0 Å².